The predicted molar refractivity (Wildman–Crippen MR) is 152 cm³/mol. The average molecular weight is 516 g/mol. The van der Waals surface area contributed by atoms with Gasteiger partial charge >= 0.3 is 0 Å². The number of para-hydroxylation sites is 1. The van der Waals surface area contributed by atoms with Crippen LogP contribution in [-0.4, -0.2) is 60.5 Å². The highest BCUT2D eigenvalue weighted by Gasteiger charge is 2.24. The van der Waals surface area contributed by atoms with Gasteiger partial charge in [0.1, 0.15) is 11.6 Å². The maximum absolute atomic E-state index is 5.71. The van der Waals surface area contributed by atoms with E-state index in [0.29, 0.717) is 17.6 Å². The molecule has 8 nitrogen and oxygen atoms in total. The number of thiocarbonyl (C=S) groups is 1. The second-order valence-corrected chi connectivity index (χ2v) is 10.2. The number of piperazine rings is 1. The molecular weight excluding hydrogens is 482 g/mol. The Balaban J connectivity index is 1.19. The summed E-state index contributed by atoms with van der Waals surface area (Å²) >= 11 is 5.58. The lowest BCUT2D eigenvalue weighted by molar-refractivity contribution is 0.114. The molecule has 2 saturated heterocycles. The molecule has 3 aromatic rings. The highest BCUT2D eigenvalue weighted by molar-refractivity contribution is 7.80. The van der Waals surface area contributed by atoms with Crippen molar-refractivity contribution in [3.63, 3.8) is 0 Å². The zero-order chi connectivity index (χ0) is 25.0. The van der Waals surface area contributed by atoms with Crippen molar-refractivity contribution in [2.75, 3.05) is 59.3 Å². The fourth-order valence-electron chi connectivity index (χ4n) is 5.29. The van der Waals surface area contributed by atoms with Gasteiger partial charge in [0.15, 0.2) is 5.11 Å². The zero-order valence-electron chi connectivity index (χ0n) is 21.0. The Morgan fingerprint density at radius 3 is 2.19 bits per heavy atom. The summed E-state index contributed by atoms with van der Waals surface area (Å²) in [5.74, 6) is 2.37. The lowest BCUT2D eigenvalue weighted by Crippen LogP contribution is -2.47. The molecule has 0 bridgehead atoms. The number of ether oxygens (including phenoxy) is 1. The van der Waals surface area contributed by atoms with Gasteiger partial charge in [0.05, 0.1) is 6.10 Å². The van der Waals surface area contributed by atoms with Crippen molar-refractivity contribution in [3.05, 3.63) is 71.8 Å². The quantitative estimate of drug-likeness (QED) is 0.477. The predicted octanol–water partition coefficient (Wildman–Crippen LogP) is 3.79. The Bertz CT molecular complexity index is 1200. The minimum atomic E-state index is 0.214. The molecule has 0 aliphatic carbocycles. The zero-order valence-corrected chi connectivity index (χ0v) is 21.8. The maximum Gasteiger partial charge on any atom is 0.232 e. The molecule has 2 aromatic carbocycles. The Hall–Kier alpha value is -3.43. The first-order valence-electron chi connectivity index (χ1n) is 13.1. The molecule has 0 amide bonds. The summed E-state index contributed by atoms with van der Waals surface area (Å²) in [5.41, 5.74) is 3.97. The van der Waals surface area contributed by atoms with Crippen molar-refractivity contribution in [2.45, 2.75) is 32.0 Å². The number of rotatable bonds is 6. The minimum absolute atomic E-state index is 0.214. The van der Waals surface area contributed by atoms with E-state index in [-0.39, 0.29) is 6.10 Å². The first-order chi connectivity index (χ1) is 18.2. The summed E-state index contributed by atoms with van der Waals surface area (Å²) in [6, 6.07) is 21.3. The van der Waals surface area contributed by atoms with E-state index in [1.54, 1.807) is 0 Å². The first-order valence-corrected chi connectivity index (χ1v) is 13.5. The van der Waals surface area contributed by atoms with Gasteiger partial charge in [-0.05, 0) is 48.3 Å². The molecule has 3 aliphatic rings. The Morgan fingerprint density at radius 1 is 0.865 bits per heavy atom. The number of aromatic nitrogens is 2. The fraction of sp³-hybridized carbons (Fsp3) is 0.393. The van der Waals surface area contributed by atoms with Gasteiger partial charge in [-0.25, -0.2) is 0 Å². The molecule has 0 spiro atoms. The van der Waals surface area contributed by atoms with E-state index in [2.05, 4.69) is 86.0 Å². The lowest BCUT2D eigenvalue weighted by Gasteiger charge is -2.37. The monoisotopic (exact) mass is 515 g/mol. The van der Waals surface area contributed by atoms with Crippen molar-refractivity contribution < 1.29 is 4.74 Å². The van der Waals surface area contributed by atoms with Crippen LogP contribution in [0.1, 0.15) is 24.0 Å². The van der Waals surface area contributed by atoms with Crippen LogP contribution in [0.2, 0.25) is 0 Å². The molecule has 6 rings (SSSR count). The summed E-state index contributed by atoms with van der Waals surface area (Å²) in [6.45, 7) is 6.90. The van der Waals surface area contributed by atoms with Crippen molar-refractivity contribution in [3.8, 4) is 0 Å². The normalized spacial score (nSPS) is 19.1. The maximum atomic E-state index is 5.71. The van der Waals surface area contributed by atoms with E-state index in [9.17, 15) is 0 Å². The standard InChI is InChI=1S/C28H33N7OS/c37-28(29-18-24-11-6-16-36-24)32-27-30-25(34-14-12-33(13-15-34)23-9-2-1-3-10-23)17-26(31-27)35-19-21-7-4-5-8-22(21)20-35/h1-5,7-10,17,24H,6,11-16,18-20H2,(H2,29,30,31,32,37). The van der Waals surface area contributed by atoms with Gasteiger partial charge in [0.25, 0.3) is 0 Å². The van der Waals surface area contributed by atoms with E-state index >= 15 is 0 Å². The molecule has 1 unspecified atom stereocenters. The van der Waals surface area contributed by atoms with Gasteiger partial charge in [-0.3, -0.25) is 0 Å². The second-order valence-electron chi connectivity index (χ2n) is 9.81. The fourth-order valence-corrected chi connectivity index (χ4v) is 5.46. The SMILES string of the molecule is S=C(NCC1CCCO1)Nc1nc(N2CCN(c3ccccc3)CC2)cc(N2Cc3ccccc3C2)n1. The molecule has 192 valence electrons. The molecule has 1 atom stereocenters. The van der Waals surface area contributed by atoms with Crippen LogP contribution in [0.3, 0.4) is 0 Å². The van der Waals surface area contributed by atoms with Gasteiger partial charge in [0.2, 0.25) is 5.95 Å². The van der Waals surface area contributed by atoms with Crippen LogP contribution in [0.15, 0.2) is 60.7 Å². The molecular formula is C28H33N7OS. The minimum Gasteiger partial charge on any atom is -0.376 e. The van der Waals surface area contributed by atoms with Gasteiger partial charge in [-0.15, -0.1) is 0 Å². The topological polar surface area (TPSA) is 68.8 Å². The van der Waals surface area contributed by atoms with E-state index in [4.69, 9.17) is 26.9 Å². The smallest absolute Gasteiger partial charge is 0.232 e. The van der Waals surface area contributed by atoms with Crippen molar-refractivity contribution >= 4 is 40.6 Å². The second kappa shape index (κ2) is 10.9. The van der Waals surface area contributed by atoms with Crippen molar-refractivity contribution in [2.24, 2.45) is 0 Å². The average Bonchev–Trinajstić information content (AvgIpc) is 3.63. The summed E-state index contributed by atoms with van der Waals surface area (Å²) in [7, 11) is 0. The van der Waals surface area contributed by atoms with Crippen LogP contribution in [0.5, 0.6) is 0 Å². The van der Waals surface area contributed by atoms with Crippen molar-refractivity contribution in [1.29, 1.82) is 0 Å². The van der Waals surface area contributed by atoms with Crippen molar-refractivity contribution in [1.82, 2.24) is 15.3 Å². The molecule has 0 radical (unpaired) electrons. The van der Waals surface area contributed by atoms with Gasteiger partial charge in [0, 0.05) is 64.2 Å². The molecule has 0 saturated carbocycles. The largest absolute Gasteiger partial charge is 0.376 e. The van der Waals surface area contributed by atoms with Crippen LogP contribution < -0.4 is 25.3 Å². The van der Waals surface area contributed by atoms with Gasteiger partial charge in [-0.2, -0.15) is 9.97 Å². The highest BCUT2D eigenvalue weighted by atomic mass is 32.1. The molecule has 37 heavy (non-hydrogen) atoms. The molecule has 3 aliphatic heterocycles. The Morgan fingerprint density at radius 2 is 1.51 bits per heavy atom. The van der Waals surface area contributed by atoms with E-state index in [1.165, 1.54) is 16.8 Å². The number of nitrogens with zero attached hydrogens (tertiary/aromatic N) is 5. The van der Waals surface area contributed by atoms with Gasteiger partial charge in [-0.1, -0.05) is 42.5 Å². The number of anilines is 4. The van der Waals surface area contributed by atoms with E-state index < -0.39 is 0 Å². The summed E-state index contributed by atoms with van der Waals surface area (Å²) in [6.07, 6.45) is 2.39. The van der Waals surface area contributed by atoms with E-state index in [1.807, 2.05) is 0 Å². The number of nitrogens with one attached hydrogen (secondary N) is 2. The first kappa shape index (κ1) is 23.9. The third-order valence-corrected chi connectivity index (χ3v) is 7.57. The molecule has 4 heterocycles. The van der Waals surface area contributed by atoms with E-state index in [0.717, 1.165) is 70.4 Å². The number of benzene rings is 2. The number of hydrogen-bond acceptors (Lipinski definition) is 7. The Kier molecular flexibility index (Phi) is 7.05. The molecule has 2 fully saturated rings. The number of fused-ring (bicyclic) bond motifs is 1. The summed E-state index contributed by atoms with van der Waals surface area (Å²) in [5, 5.41) is 7.05. The molecule has 9 heteroatoms. The third kappa shape index (κ3) is 5.62. The molecule has 2 N–H and O–H groups in total. The van der Waals surface area contributed by atoms with Crippen LogP contribution in [0.4, 0.5) is 23.3 Å². The number of hydrogen-bond donors (Lipinski definition) is 2. The van der Waals surface area contributed by atoms with Crippen LogP contribution in [-0.2, 0) is 17.8 Å². The van der Waals surface area contributed by atoms with Crippen LogP contribution >= 0.6 is 12.2 Å². The summed E-state index contributed by atoms with van der Waals surface area (Å²) < 4.78 is 5.71. The summed E-state index contributed by atoms with van der Waals surface area (Å²) in [4.78, 5) is 16.9. The lowest BCUT2D eigenvalue weighted by atomic mass is 10.1. The molecule has 1 aromatic heterocycles. The van der Waals surface area contributed by atoms with Crippen LogP contribution in [0.25, 0.3) is 0 Å². The highest BCUT2D eigenvalue weighted by Crippen LogP contribution is 2.30. The Labute approximate surface area is 223 Å². The van der Waals surface area contributed by atoms with Crippen LogP contribution in [0, 0.1) is 0 Å². The van der Waals surface area contributed by atoms with Gasteiger partial charge < -0.3 is 30.1 Å². The third-order valence-electron chi connectivity index (χ3n) is 7.33.